The third-order valence-corrected chi connectivity index (χ3v) is 3.20. The number of hydrogen-bond donors (Lipinski definition) is 1. The molecule has 0 bridgehead atoms. The molecule has 0 aromatic heterocycles. The zero-order valence-corrected chi connectivity index (χ0v) is 7.95. The van der Waals surface area contributed by atoms with Crippen LogP contribution < -0.4 is 5.73 Å². The van der Waals surface area contributed by atoms with E-state index < -0.39 is 15.9 Å². The molecule has 1 rings (SSSR count). The fraction of sp³-hybridized carbons (Fsp3) is 0.800. The Kier molecular flexibility index (Phi) is 5.69. The molecule has 0 aromatic carbocycles. The zero-order valence-electron chi connectivity index (χ0n) is 6.32. The van der Waals surface area contributed by atoms with Gasteiger partial charge in [0.15, 0.2) is 15.6 Å². The van der Waals surface area contributed by atoms with Crippen molar-refractivity contribution in [2.75, 3.05) is 11.5 Å². The minimum atomic E-state index is -3.01. The van der Waals surface area contributed by atoms with Crippen molar-refractivity contribution in [3.63, 3.8) is 0 Å². The summed E-state index contributed by atoms with van der Waals surface area (Å²) in [4.78, 5) is 10.7. The molecule has 7 heteroatoms. The lowest BCUT2D eigenvalue weighted by Crippen LogP contribution is -2.43. The third-order valence-electron chi connectivity index (χ3n) is 1.51. The average Bonchev–Trinajstić information content (AvgIpc) is 1.79. The van der Waals surface area contributed by atoms with Crippen molar-refractivity contribution in [3.05, 3.63) is 0 Å². The van der Waals surface area contributed by atoms with Crippen molar-refractivity contribution in [2.24, 2.45) is 5.73 Å². The second-order valence-electron chi connectivity index (χ2n) is 2.44. The molecule has 0 spiro atoms. The molecule has 74 valence electrons. The van der Waals surface area contributed by atoms with Crippen LogP contribution in [0.5, 0.6) is 0 Å². The van der Waals surface area contributed by atoms with Crippen LogP contribution >= 0.6 is 12.4 Å². The van der Waals surface area contributed by atoms with Crippen LogP contribution in [0.3, 0.4) is 0 Å². The first-order valence-corrected chi connectivity index (χ1v) is 4.82. The van der Waals surface area contributed by atoms with E-state index in [1.807, 2.05) is 0 Å². The van der Waals surface area contributed by atoms with Crippen molar-refractivity contribution in [1.82, 2.24) is 0 Å². The third kappa shape index (κ3) is 3.48. The van der Waals surface area contributed by atoms with Gasteiger partial charge in [0.05, 0.1) is 17.5 Å². The summed E-state index contributed by atoms with van der Waals surface area (Å²) in [6, 6.07) is -0.779. The molecule has 1 fully saturated rings. The molecule has 4 N–H and O–H groups in total. The number of hydrogen-bond acceptors (Lipinski definition) is 4. The van der Waals surface area contributed by atoms with Gasteiger partial charge in [-0.3, -0.25) is 4.79 Å². The van der Waals surface area contributed by atoms with Gasteiger partial charge in [-0.1, -0.05) is 0 Å². The van der Waals surface area contributed by atoms with E-state index in [0.29, 0.717) is 0 Å². The Morgan fingerprint density at radius 2 is 1.92 bits per heavy atom. The van der Waals surface area contributed by atoms with Gasteiger partial charge in [-0.15, -0.1) is 12.4 Å². The topological polar surface area (TPSA) is 109 Å². The Balaban J connectivity index is 0. The maximum Gasteiger partial charge on any atom is 0.152 e. The standard InChI is InChI=1S/C5H9NO3S.ClH.H2O/c6-4-3-10(8,9)2-1-5(4)7;;/h4H,1-3,6H2;1H;1H2. The molecule has 0 amide bonds. The summed E-state index contributed by atoms with van der Waals surface area (Å²) in [6.45, 7) is 0. The highest BCUT2D eigenvalue weighted by molar-refractivity contribution is 7.91. The number of carbonyl (C=O) groups excluding carboxylic acids is 1. The molecule has 0 radical (unpaired) electrons. The Morgan fingerprint density at radius 1 is 1.42 bits per heavy atom. The monoisotopic (exact) mass is 217 g/mol. The number of rotatable bonds is 0. The maximum absolute atomic E-state index is 10.8. The second-order valence-corrected chi connectivity index (χ2v) is 4.67. The smallest absolute Gasteiger partial charge is 0.152 e. The van der Waals surface area contributed by atoms with Gasteiger partial charge in [0.1, 0.15) is 0 Å². The lowest BCUT2D eigenvalue weighted by molar-refractivity contribution is -0.119. The fourth-order valence-corrected chi connectivity index (χ4v) is 2.30. The van der Waals surface area contributed by atoms with Gasteiger partial charge < -0.3 is 11.2 Å². The molecule has 0 saturated carbocycles. The molecule has 1 unspecified atom stereocenters. The van der Waals surface area contributed by atoms with E-state index in [1.165, 1.54) is 0 Å². The van der Waals surface area contributed by atoms with Gasteiger partial charge in [-0.2, -0.15) is 0 Å². The number of Topliss-reactive ketones (excluding diaryl/α,β-unsaturated/α-hetero) is 1. The Morgan fingerprint density at radius 3 is 2.25 bits per heavy atom. The van der Waals surface area contributed by atoms with Crippen LogP contribution in [0.25, 0.3) is 0 Å². The Hall–Kier alpha value is -0.170. The van der Waals surface area contributed by atoms with Gasteiger partial charge in [0, 0.05) is 6.42 Å². The van der Waals surface area contributed by atoms with Crippen LogP contribution in [0, 0.1) is 0 Å². The molecule has 1 heterocycles. The van der Waals surface area contributed by atoms with E-state index in [2.05, 4.69) is 0 Å². The minimum absolute atomic E-state index is 0. The van der Waals surface area contributed by atoms with Crippen LogP contribution in [-0.4, -0.2) is 37.2 Å². The van der Waals surface area contributed by atoms with E-state index in [0.717, 1.165) is 0 Å². The molecule has 0 aliphatic carbocycles. The van der Waals surface area contributed by atoms with E-state index in [9.17, 15) is 13.2 Å². The maximum atomic E-state index is 10.8. The van der Waals surface area contributed by atoms with Crippen molar-refractivity contribution in [3.8, 4) is 0 Å². The predicted octanol–water partition coefficient (Wildman–Crippen LogP) is -1.70. The normalized spacial score (nSPS) is 26.8. The van der Waals surface area contributed by atoms with E-state index in [4.69, 9.17) is 5.73 Å². The lowest BCUT2D eigenvalue weighted by Gasteiger charge is -2.15. The molecular weight excluding hydrogens is 206 g/mol. The summed E-state index contributed by atoms with van der Waals surface area (Å²) in [5, 5.41) is 0. The summed E-state index contributed by atoms with van der Waals surface area (Å²) in [5.41, 5.74) is 5.23. The van der Waals surface area contributed by atoms with Crippen molar-refractivity contribution in [2.45, 2.75) is 12.5 Å². The Bertz CT molecular complexity index is 250. The first kappa shape index (κ1) is 14.4. The van der Waals surface area contributed by atoms with Gasteiger partial charge in [0.25, 0.3) is 0 Å². The highest BCUT2D eigenvalue weighted by atomic mass is 35.5. The second kappa shape index (κ2) is 4.76. The van der Waals surface area contributed by atoms with Crippen LogP contribution in [0.4, 0.5) is 0 Å². The molecule has 1 aliphatic heterocycles. The Labute approximate surface area is 77.0 Å². The van der Waals surface area contributed by atoms with Gasteiger partial charge in [-0.05, 0) is 0 Å². The average molecular weight is 218 g/mol. The summed E-state index contributed by atoms with van der Waals surface area (Å²) < 4.78 is 21.5. The number of carbonyl (C=O) groups is 1. The quantitative estimate of drug-likeness (QED) is 0.522. The van der Waals surface area contributed by atoms with Crippen LogP contribution in [0.2, 0.25) is 0 Å². The molecule has 0 aromatic rings. The van der Waals surface area contributed by atoms with Crippen LogP contribution in [0.1, 0.15) is 6.42 Å². The first-order chi connectivity index (χ1) is 4.51. The van der Waals surface area contributed by atoms with Crippen molar-refractivity contribution >= 4 is 28.0 Å². The van der Waals surface area contributed by atoms with Crippen molar-refractivity contribution in [1.29, 1.82) is 0 Å². The van der Waals surface area contributed by atoms with E-state index >= 15 is 0 Å². The van der Waals surface area contributed by atoms with Crippen molar-refractivity contribution < 1.29 is 18.7 Å². The summed E-state index contributed by atoms with van der Waals surface area (Å²) >= 11 is 0. The SMILES string of the molecule is Cl.NC1CS(=O)(=O)CCC1=O.O. The zero-order chi connectivity index (χ0) is 7.78. The molecule has 5 nitrogen and oxygen atoms in total. The molecule has 1 atom stereocenters. The first-order valence-electron chi connectivity index (χ1n) is 3.00. The molecule has 1 saturated heterocycles. The number of nitrogens with two attached hydrogens (primary N) is 1. The van der Waals surface area contributed by atoms with Gasteiger partial charge in [-0.25, -0.2) is 8.42 Å². The van der Waals surface area contributed by atoms with Gasteiger partial charge in [0.2, 0.25) is 0 Å². The van der Waals surface area contributed by atoms with E-state index in [-0.39, 0.29) is 41.6 Å². The predicted molar refractivity (Wildman–Crippen MR) is 47.1 cm³/mol. The number of halogens is 1. The molecule has 1 aliphatic rings. The van der Waals surface area contributed by atoms with E-state index in [1.54, 1.807) is 0 Å². The largest absolute Gasteiger partial charge is 0.412 e. The summed E-state index contributed by atoms with van der Waals surface area (Å²) in [5.74, 6) is -0.347. The minimum Gasteiger partial charge on any atom is -0.412 e. The van der Waals surface area contributed by atoms with Gasteiger partial charge >= 0.3 is 0 Å². The van der Waals surface area contributed by atoms with Crippen LogP contribution in [0.15, 0.2) is 0 Å². The van der Waals surface area contributed by atoms with Crippen LogP contribution in [-0.2, 0) is 14.6 Å². The summed E-state index contributed by atoms with van der Waals surface area (Å²) in [7, 11) is -3.01. The highest BCUT2D eigenvalue weighted by Gasteiger charge is 2.28. The highest BCUT2D eigenvalue weighted by Crippen LogP contribution is 2.06. The number of sulfone groups is 1. The molecule has 12 heavy (non-hydrogen) atoms. The summed E-state index contributed by atoms with van der Waals surface area (Å²) in [6.07, 6.45) is 0.0868. The fourth-order valence-electron chi connectivity index (χ4n) is 0.891. The molecular formula is C5H12ClNO4S. The number of ketones is 1. The lowest BCUT2D eigenvalue weighted by atomic mass is 10.2.